The van der Waals surface area contributed by atoms with E-state index in [-0.39, 0.29) is 17.7 Å². The Balaban J connectivity index is 1.47. The van der Waals surface area contributed by atoms with Gasteiger partial charge in [0.05, 0.1) is 6.26 Å². The SMILES string of the molecule is O=C(/C=C/c1ccco1)Nc1ccc2c(c1)N(C(=O)C1CCCC1)CC2. The Morgan fingerprint density at radius 1 is 1.19 bits per heavy atom. The molecule has 5 nitrogen and oxygen atoms in total. The van der Waals surface area contributed by atoms with Crippen LogP contribution in [0.3, 0.4) is 0 Å². The van der Waals surface area contributed by atoms with Gasteiger partial charge in [-0.1, -0.05) is 18.9 Å². The van der Waals surface area contributed by atoms with Crippen molar-refractivity contribution >= 4 is 29.3 Å². The molecule has 0 saturated heterocycles. The largest absolute Gasteiger partial charge is 0.465 e. The zero-order valence-corrected chi connectivity index (χ0v) is 14.6. The second-order valence-electron chi connectivity index (χ2n) is 6.90. The number of nitrogens with one attached hydrogen (secondary N) is 1. The Morgan fingerprint density at radius 2 is 2.04 bits per heavy atom. The summed E-state index contributed by atoms with van der Waals surface area (Å²) in [6, 6.07) is 9.36. The molecule has 1 N–H and O–H groups in total. The molecular formula is C21H22N2O3. The predicted molar refractivity (Wildman–Crippen MR) is 101 cm³/mol. The fraction of sp³-hybridized carbons (Fsp3) is 0.333. The number of hydrogen-bond donors (Lipinski definition) is 1. The van der Waals surface area contributed by atoms with E-state index < -0.39 is 0 Å². The third-order valence-corrected chi connectivity index (χ3v) is 5.16. The minimum atomic E-state index is -0.229. The molecule has 0 atom stereocenters. The number of benzene rings is 1. The number of hydrogen-bond acceptors (Lipinski definition) is 3. The molecule has 1 aliphatic heterocycles. The molecule has 134 valence electrons. The van der Waals surface area contributed by atoms with E-state index in [9.17, 15) is 9.59 Å². The first-order chi connectivity index (χ1) is 12.7. The zero-order valence-electron chi connectivity index (χ0n) is 14.6. The maximum absolute atomic E-state index is 12.8. The van der Waals surface area contributed by atoms with E-state index in [1.54, 1.807) is 24.5 Å². The molecular weight excluding hydrogens is 328 g/mol. The van der Waals surface area contributed by atoms with Crippen molar-refractivity contribution in [3.05, 3.63) is 54.0 Å². The Labute approximate surface area is 152 Å². The van der Waals surface area contributed by atoms with Gasteiger partial charge in [0.1, 0.15) is 5.76 Å². The van der Waals surface area contributed by atoms with Crippen LogP contribution in [0.15, 0.2) is 47.1 Å². The summed E-state index contributed by atoms with van der Waals surface area (Å²) >= 11 is 0. The second-order valence-corrected chi connectivity index (χ2v) is 6.90. The van der Waals surface area contributed by atoms with Crippen molar-refractivity contribution in [2.75, 3.05) is 16.8 Å². The number of nitrogens with zero attached hydrogens (tertiary/aromatic N) is 1. The summed E-state index contributed by atoms with van der Waals surface area (Å²) in [6.45, 7) is 0.737. The summed E-state index contributed by atoms with van der Waals surface area (Å²) in [5.74, 6) is 0.799. The van der Waals surface area contributed by atoms with Crippen molar-refractivity contribution in [3.8, 4) is 0 Å². The zero-order chi connectivity index (χ0) is 17.9. The molecule has 1 saturated carbocycles. The van der Waals surface area contributed by atoms with Crippen LogP contribution < -0.4 is 10.2 Å². The second kappa shape index (κ2) is 7.20. The highest BCUT2D eigenvalue weighted by molar-refractivity contribution is 6.03. The van der Waals surface area contributed by atoms with E-state index >= 15 is 0 Å². The third kappa shape index (κ3) is 3.43. The molecule has 0 spiro atoms. The molecule has 1 aromatic carbocycles. The molecule has 2 aliphatic rings. The van der Waals surface area contributed by atoms with Crippen molar-refractivity contribution in [3.63, 3.8) is 0 Å². The molecule has 1 aliphatic carbocycles. The first-order valence-electron chi connectivity index (χ1n) is 9.17. The topological polar surface area (TPSA) is 62.6 Å². The lowest BCUT2D eigenvalue weighted by Crippen LogP contribution is -2.33. The molecule has 2 heterocycles. The molecule has 0 radical (unpaired) electrons. The molecule has 5 heteroatoms. The molecule has 2 aromatic rings. The average molecular weight is 350 g/mol. The van der Waals surface area contributed by atoms with Crippen LogP contribution in [-0.2, 0) is 16.0 Å². The van der Waals surface area contributed by atoms with Gasteiger partial charge in [-0.3, -0.25) is 9.59 Å². The first kappa shape index (κ1) is 16.6. The number of furan rings is 1. The van der Waals surface area contributed by atoms with E-state index in [0.717, 1.165) is 44.3 Å². The van der Waals surface area contributed by atoms with E-state index in [2.05, 4.69) is 5.32 Å². The van der Waals surface area contributed by atoms with E-state index in [4.69, 9.17) is 4.42 Å². The number of anilines is 2. The van der Waals surface area contributed by atoms with Crippen molar-refractivity contribution in [2.24, 2.45) is 5.92 Å². The van der Waals surface area contributed by atoms with Crippen LogP contribution in [0.2, 0.25) is 0 Å². The molecule has 0 bridgehead atoms. The molecule has 0 unspecified atom stereocenters. The van der Waals surface area contributed by atoms with E-state index in [1.807, 2.05) is 23.1 Å². The highest BCUT2D eigenvalue weighted by atomic mass is 16.3. The van der Waals surface area contributed by atoms with Crippen molar-refractivity contribution in [1.29, 1.82) is 0 Å². The van der Waals surface area contributed by atoms with Gasteiger partial charge in [-0.2, -0.15) is 0 Å². The minimum absolute atomic E-state index is 0.162. The van der Waals surface area contributed by atoms with Crippen LogP contribution in [0.1, 0.15) is 37.0 Å². The maximum Gasteiger partial charge on any atom is 0.248 e. The number of amides is 2. The molecule has 1 fully saturated rings. The van der Waals surface area contributed by atoms with Crippen LogP contribution >= 0.6 is 0 Å². The number of fused-ring (bicyclic) bond motifs is 1. The van der Waals surface area contributed by atoms with Gasteiger partial charge in [-0.05, 0) is 55.2 Å². The van der Waals surface area contributed by atoms with Gasteiger partial charge in [0, 0.05) is 29.9 Å². The van der Waals surface area contributed by atoms with Crippen LogP contribution in [0.4, 0.5) is 11.4 Å². The van der Waals surface area contributed by atoms with E-state index in [1.165, 1.54) is 11.6 Å². The summed E-state index contributed by atoms with van der Waals surface area (Å²) in [5.41, 5.74) is 2.80. The first-order valence-corrected chi connectivity index (χ1v) is 9.17. The van der Waals surface area contributed by atoms with Crippen LogP contribution in [0.25, 0.3) is 6.08 Å². The van der Waals surface area contributed by atoms with Crippen LogP contribution in [0.5, 0.6) is 0 Å². The average Bonchev–Trinajstić information content (AvgIpc) is 3.40. The number of carbonyl (C=O) groups excluding carboxylic acids is 2. The van der Waals surface area contributed by atoms with Crippen molar-refractivity contribution in [2.45, 2.75) is 32.1 Å². The lowest BCUT2D eigenvalue weighted by Gasteiger charge is -2.21. The highest BCUT2D eigenvalue weighted by Gasteiger charge is 2.31. The number of carbonyl (C=O) groups is 2. The van der Waals surface area contributed by atoms with Gasteiger partial charge in [0.15, 0.2) is 0 Å². The quantitative estimate of drug-likeness (QED) is 0.848. The van der Waals surface area contributed by atoms with Gasteiger partial charge >= 0.3 is 0 Å². The maximum atomic E-state index is 12.8. The van der Waals surface area contributed by atoms with Gasteiger partial charge in [0.2, 0.25) is 11.8 Å². The predicted octanol–water partition coefficient (Wildman–Crippen LogP) is 4.01. The van der Waals surface area contributed by atoms with Gasteiger partial charge in [-0.25, -0.2) is 0 Å². The Kier molecular flexibility index (Phi) is 4.61. The summed E-state index contributed by atoms with van der Waals surface area (Å²) in [5, 5.41) is 2.86. The molecule has 2 amide bonds. The monoisotopic (exact) mass is 350 g/mol. The Bertz CT molecular complexity index is 833. The summed E-state index contributed by atoms with van der Waals surface area (Å²) in [7, 11) is 0. The minimum Gasteiger partial charge on any atom is -0.465 e. The Hall–Kier alpha value is -2.82. The molecule has 4 rings (SSSR count). The highest BCUT2D eigenvalue weighted by Crippen LogP contribution is 2.35. The Morgan fingerprint density at radius 3 is 2.81 bits per heavy atom. The van der Waals surface area contributed by atoms with E-state index in [0.29, 0.717) is 11.4 Å². The molecule has 26 heavy (non-hydrogen) atoms. The van der Waals surface area contributed by atoms with Gasteiger partial charge in [-0.15, -0.1) is 0 Å². The third-order valence-electron chi connectivity index (χ3n) is 5.16. The fourth-order valence-corrected chi connectivity index (χ4v) is 3.81. The van der Waals surface area contributed by atoms with Crippen molar-refractivity contribution in [1.82, 2.24) is 0 Å². The van der Waals surface area contributed by atoms with Crippen LogP contribution in [-0.4, -0.2) is 18.4 Å². The lowest BCUT2D eigenvalue weighted by atomic mass is 10.1. The van der Waals surface area contributed by atoms with Gasteiger partial charge in [0.25, 0.3) is 0 Å². The molecule has 1 aromatic heterocycles. The number of rotatable bonds is 4. The lowest BCUT2D eigenvalue weighted by molar-refractivity contribution is -0.122. The summed E-state index contributed by atoms with van der Waals surface area (Å²) in [4.78, 5) is 26.8. The standard InChI is InChI=1S/C21H22N2O3/c24-20(10-9-18-6-3-13-26-18)22-17-8-7-15-11-12-23(19(15)14-17)21(25)16-4-1-2-5-16/h3,6-10,13-14,16H,1-2,4-5,11-12H2,(H,22,24)/b10-9+. The fourth-order valence-electron chi connectivity index (χ4n) is 3.81. The normalized spacial score (nSPS) is 17.0. The summed E-state index contributed by atoms with van der Waals surface area (Å²) in [6.07, 6.45) is 9.79. The van der Waals surface area contributed by atoms with Crippen molar-refractivity contribution < 1.29 is 14.0 Å². The van der Waals surface area contributed by atoms with Gasteiger partial charge < -0.3 is 14.6 Å². The summed E-state index contributed by atoms with van der Waals surface area (Å²) < 4.78 is 5.17. The van der Waals surface area contributed by atoms with Crippen LogP contribution in [0, 0.1) is 5.92 Å². The smallest absolute Gasteiger partial charge is 0.248 e.